The molecule has 0 spiro atoms. The zero-order valence-corrected chi connectivity index (χ0v) is 8.60. The van der Waals surface area contributed by atoms with Crippen molar-refractivity contribution in [1.82, 2.24) is 4.98 Å². The summed E-state index contributed by atoms with van der Waals surface area (Å²) in [6.07, 6.45) is 0. The van der Waals surface area contributed by atoms with Crippen molar-refractivity contribution in [2.45, 2.75) is 0 Å². The normalized spacial score (nSPS) is 10.6. The van der Waals surface area contributed by atoms with Crippen molar-refractivity contribution in [3.8, 4) is 0 Å². The summed E-state index contributed by atoms with van der Waals surface area (Å²) in [5.41, 5.74) is 0.0299. The second-order valence-corrected chi connectivity index (χ2v) is 3.23. The summed E-state index contributed by atoms with van der Waals surface area (Å²) in [7, 11) is 0. The van der Waals surface area contributed by atoms with Gasteiger partial charge in [0, 0.05) is 6.07 Å². The van der Waals surface area contributed by atoms with Gasteiger partial charge < -0.3 is 4.42 Å². The predicted octanol–water partition coefficient (Wildman–Crippen LogP) is 2.16. The SMILES string of the molecule is O=C(CCl)c1nc2cccc([N+](=O)[O-])c2o1. The zero-order chi connectivity index (χ0) is 11.7. The van der Waals surface area contributed by atoms with E-state index < -0.39 is 10.7 Å². The van der Waals surface area contributed by atoms with Gasteiger partial charge in [0.1, 0.15) is 5.52 Å². The number of carbonyl (C=O) groups excluding carboxylic acids is 1. The van der Waals surface area contributed by atoms with Gasteiger partial charge in [0.2, 0.25) is 11.4 Å². The fourth-order valence-corrected chi connectivity index (χ4v) is 1.37. The Bertz CT molecular complexity index is 578. The largest absolute Gasteiger partial charge is 0.426 e. The number of hydrogen-bond donors (Lipinski definition) is 0. The lowest BCUT2D eigenvalue weighted by Crippen LogP contribution is -1.99. The van der Waals surface area contributed by atoms with Crippen LogP contribution < -0.4 is 0 Å². The maximum atomic E-state index is 11.2. The van der Waals surface area contributed by atoms with Crippen LogP contribution in [0.25, 0.3) is 11.1 Å². The molecule has 0 aliphatic carbocycles. The van der Waals surface area contributed by atoms with Crippen LogP contribution in [0.3, 0.4) is 0 Å². The van der Waals surface area contributed by atoms with Crippen LogP contribution in [0.15, 0.2) is 22.6 Å². The van der Waals surface area contributed by atoms with Crippen LogP contribution in [-0.2, 0) is 0 Å². The molecule has 0 aliphatic rings. The highest BCUT2D eigenvalue weighted by atomic mass is 35.5. The number of ketones is 1. The van der Waals surface area contributed by atoms with Gasteiger partial charge in [-0.05, 0) is 6.07 Å². The third-order valence-corrected chi connectivity index (χ3v) is 2.19. The molecular formula is C9H5ClN2O4. The molecule has 2 aromatic rings. The van der Waals surface area contributed by atoms with Gasteiger partial charge in [-0.2, -0.15) is 0 Å². The lowest BCUT2D eigenvalue weighted by molar-refractivity contribution is -0.383. The van der Waals surface area contributed by atoms with E-state index in [0.29, 0.717) is 0 Å². The second-order valence-electron chi connectivity index (χ2n) is 2.96. The van der Waals surface area contributed by atoms with Gasteiger partial charge in [-0.1, -0.05) is 6.07 Å². The molecule has 1 aromatic carbocycles. The first-order valence-electron chi connectivity index (χ1n) is 4.26. The van der Waals surface area contributed by atoms with Crippen LogP contribution in [0.1, 0.15) is 10.7 Å². The number of carbonyl (C=O) groups is 1. The number of benzene rings is 1. The maximum absolute atomic E-state index is 11.2. The lowest BCUT2D eigenvalue weighted by Gasteiger charge is -1.89. The molecule has 1 aromatic heterocycles. The van der Waals surface area contributed by atoms with Gasteiger partial charge in [0.15, 0.2) is 0 Å². The summed E-state index contributed by atoms with van der Waals surface area (Å²) in [5, 5.41) is 10.7. The van der Waals surface area contributed by atoms with Crippen molar-refractivity contribution in [3.63, 3.8) is 0 Å². The van der Waals surface area contributed by atoms with Crippen molar-refractivity contribution < 1.29 is 14.1 Å². The molecule has 16 heavy (non-hydrogen) atoms. The number of halogens is 1. The third-order valence-electron chi connectivity index (χ3n) is 1.95. The molecule has 0 fully saturated rings. The minimum Gasteiger partial charge on any atom is -0.426 e. The van der Waals surface area contributed by atoms with Crippen LogP contribution >= 0.6 is 11.6 Å². The van der Waals surface area contributed by atoms with E-state index in [1.165, 1.54) is 18.2 Å². The Hall–Kier alpha value is -1.95. The topological polar surface area (TPSA) is 86.2 Å². The van der Waals surface area contributed by atoms with Gasteiger partial charge >= 0.3 is 5.69 Å². The van der Waals surface area contributed by atoms with Crippen LogP contribution in [0.2, 0.25) is 0 Å². The van der Waals surface area contributed by atoms with Gasteiger partial charge in [0.05, 0.1) is 10.8 Å². The number of nitrogens with zero attached hydrogens (tertiary/aromatic N) is 2. The number of fused-ring (bicyclic) bond motifs is 1. The smallest absolute Gasteiger partial charge is 0.313 e. The Balaban J connectivity index is 2.65. The first-order valence-corrected chi connectivity index (χ1v) is 4.80. The molecule has 0 saturated carbocycles. The van der Waals surface area contributed by atoms with Crippen molar-refractivity contribution in [3.05, 3.63) is 34.2 Å². The highest BCUT2D eigenvalue weighted by molar-refractivity contribution is 6.29. The number of hydrogen-bond acceptors (Lipinski definition) is 5. The number of aromatic nitrogens is 1. The quantitative estimate of drug-likeness (QED) is 0.355. The van der Waals surface area contributed by atoms with Crippen molar-refractivity contribution in [2.24, 2.45) is 0 Å². The summed E-state index contributed by atoms with van der Waals surface area (Å²) >= 11 is 5.33. The fraction of sp³-hybridized carbons (Fsp3) is 0.111. The molecular weight excluding hydrogens is 236 g/mol. The number of para-hydroxylation sites is 1. The molecule has 0 radical (unpaired) electrons. The Kier molecular flexibility index (Phi) is 2.57. The van der Waals surface area contributed by atoms with Gasteiger partial charge in [0.25, 0.3) is 5.89 Å². The standard InChI is InChI=1S/C9H5ClN2O4/c10-4-7(13)9-11-5-2-1-3-6(12(14)15)8(5)16-9/h1-3H,4H2. The van der Waals surface area contributed by atoms with Crippen molar-refractivity contribution >= 4 is 34.2 Å². The van der Waals surface area contributed by atoms with E-state index in [4.69, 9.17) is 16.0 Å². The number of oxazole rings is 1. The molecule has 0 atom stereocenters. The molecule has 2 rings (SSSR count). The summed E-state index contributed by atoms with van der Waals surface area (Å²) in [4.78, 5) is 25.1. The summed E-state index contributed by atoms with van der Waals surface area (Å²) in [6.45, 7) is 0. The number of nitro benzene ring substituents is 1. The second kappa shape index (κ2) is 3.90. The molecule has 0 bridgehead atoms. The summed E-state index contributed by atoms with van der Waals surface area (Å²) in [6, 6.07) is 4.28. The van der Waals surface area contributed by atoms with Crippen molar-refractivity contribution in [2.75, 3.05) is 5.88 Å². The minimum atomic E-state index is -0.595. The van der Waals surface area contributed by atoms with E-state index in [1.807, 2.05) is 0 Å². The Labute approximate surface area is 94.0 Å². The Morgan fingerprint density at radius 3 is 2.94 bits per heavy atom. The Morgan fingerprint density at radius 2 is 2.31 bits per heavy atom. The first kappa shape index (κ1) is 10.6. The molecule has 7 heteroatoms. The van der Waals surface area contributed by atoms with E-state index in [-0.39, 0.29) is 28.6 Å². The van der Waals surface area contributed by atoms with E-state index in [0.717, 1.165) is 0 Å². The van der Waals surface area contributed by atoms with Crippen LogP contribution in [0, 0.1) is 10.1 Å². The van der Waals surface area contributed by atoms with Gasteiger partial charge in [-0.25, -0.2) is 4.98 Å². The average Bonchev–Trinajstić information content (AvgIpc) is 2.70. The van der Waals surface area contributed by atoms with E-state index >= 15 is 0 Å². The van der Waals surface area contributed by atoms with E-state index in [9.17, 15) is 14.9 Å². The van der Waals surface area contributed by atoms with Gasteiger partial charge in [-0.3, -0.25) is 14.9 Å². The van der Waals surface area contributed by atoms with E-state index in [2.05, 4.69) is 4.98 Å². The van der Waals surface area contributed by atoms with Crippen molar-refractivity contribution in [1.29, 1.82) is 0 Å². The maximum Gasteiger partial charge on any atom is 0.313 e. The zero-order valence-electron chi connectivity index (χ0n) is 7.84. The average molecular weight is 241 g/mol. The highest BCUT2D eigenvalue weighted by Crippen LogP contribution is 2.26. The number of rotatable bonds is 3. The monoisotopic (exact) mass is 240 g/mol. The third kappa shape index (κ3) is 1.63. The van der Waals surface area contributed by atoms with Crippen LogP contribution in [0.4, 0.5) is 5.69 Å². The predicted molar refractivity (Wildman–Crippen MR) is 55.7 cm³/mol. The number of Topliss-reactive ketones (excluding diaryl/α,β-unsaturated/α-hetero) is 1. The molecule has 82 valence electrons. The molecule has 0 N–H and O–H groups in total. The summed E-state index contributed by atoms with van der Waals surface area (Å²) < 4.78 is 5.03. The molecule has 1 heterocycles. The van der Waals surface area contributed by atoms with E-state index in [1.54, 1.807) is 0 Å². The lowest BCUT2D eigenvalue weighted by atomic mass is 10.3. The first-order chi connectivity index (χ1) is 7.63. The number of alkyl halides is 1. The molecule has 0 aliphatic heterocycles. The minimum absolute atomic E-state index is 0.0130. The Morgan fingerprint density at radius 1 is 1.56 bits per heavy atom. The summed E-state index contributed by atoms with van der Waals surface area (Å²) in [5.74, 6) is -0.993. The molecule has 6 nitrogen and oxygen atoms in total. The molecule has 0 amide bonds. The highest BCUT2D eigenvalue weighted by Gasteiger charge is 2.20. The number of nitro groups is 1. The van der Waals surface area contributed by atoms with Crippen LogP contribution in [-0.4, -0.2) is 21.6 Å². The van der Waals surface area contributed by atoms with Crippen LogP contribution in [0.5, 0.6) is 0 Å². The molecule has 0 unspecified atom stereocenters. The number of non-ortho nitro benzene ring substituents is 1. The fourth-order valence-electron chi connectivity index (χ4n) is 1.25. The molecule has 0 saturated heterocycles. The van der Waals surface area contributed by atoms with Gasteiger partial charge in [-0.15, -0.1) is 11.6 Å².